The number of methoxy groups -OCH3 is 1. The van der Waals surface area contributed by atoms with Crippen molar-refractivity contribution >= 4 is 27.6 Å². The predicted octanol–water partition coefficient (Wildman–Crippen LogP) is 2.87. The van der Waals surface area contributed by atoms with Crippen molar-refractivity contribution in [3.8, 4) is 0 Å². The molecule has 28 heavy (non-hydrogen) atoms. The van der Waals surface area contributed by atoms with Crippen LogP contribution in [0.25, 0.3) is 0 Å². The van der Waals surface area contributed by atoms with E-state index in [1.54, 1.807) is 6.07 Å². The number of benzene rings is 1. The number of piperidine rings is 1. The summed E-state index contributed by atoms with van der Waals surface area (Å²) in [7, 11) is -1.91. The number of amides is 1. The van der Waals surface area contributed by atoms with Gasteiger partial charge in [-0.1, -0.05) is 13.3 Å². The van der Waals surface area contributed by atoms with Crippen molar-refractivity contribution in [1.82, 2.24) is 4.31 Å². The van der Waals surface area contributed by atoms with Gasteiger partial charge in [0.2, 0.25) is 15.9 Å². The number of hydrogen-bond acceptors (Lipinski definition) is 5. The summed E-state index contributed by atoms with van der Waals surface area (Å²) in [6.07, 6.45) is 2.47. The number of aryl methyl sites for hydroxylation is 1. The maximum absolute atomic E-state index is 12.6. The Morgan fingerprint density at radius 1 is 1.21 bits per heavy atom. The van der Waals surface area contributed by atoms with Crippen molar-refractivity contribution in [2.45, 2.75) is 46.5 Å². The number of rotatable bonds is 7. The highest BCUT2D eigenvalue weighted by molar-refractivity contribution is 7.89. The number of carbonyl (C=O) groups is 2. The molecule has 0 aliphatic carbocycles. The van der Waals surface area contributed by atoms with Crippen LogP contribution < -0.4 is 5.32 Å². The van der Waals surface area contributed by atoms with Gasteiger partial charge in [0.1, 0.15) is 0 Å². The Morgan fingerprint density at radius 2 is 1.86 bits per heavy atom. The molecule has 1 aromatic carbocycles. The number of ether oxygens (including phenoxy) is 1. The molecule has 8 heteroatoms. The molecule has 0 atom stereocenters. The summed E-state index contributed by atoms with van der Waals surface area (Å²) in [5.41, 5.74) is 2.67. The smallest absolute Gasteiger partial charge is 0.338 e. The van der Waals surface area contributed by atoms with E-state index in [2.05, 4.69) is 5.32 Å². The highest BCUT2D eigenvalue weighted by atomic mass is 32.2. The zero-order valence-corrected chi connectivity index (χ0v) is 17.9. The highest BCUT2D eigenvalue weighted by Crippen LogP contribution is 2.24. The molecule has 0 aromatic heterocycles. The standard InChI is InChI=1S/C20H30N2O5S/c1-5-6-11-28(25,26)22-9-7-16(8-10-22)19(23)21-17-12-14(2)15(3)18(13-17)20(24)27-4/h12-13,16H,5-11H2,1-4H3,(H,21,23). The number of nitrogens with zero attached hydrogens (tertiary/aromatic N) is 1. The predicted molar refractivity (Wildman–Crippen MR) is 109 cm³/mol. The fourth-order valence-corrected chi connectivity index (χ4v) is 5.03. The fraction of sp³-hybridized carbons (Fsp3) is 0.600. The monoisotopic (exact) mass is 410 g/mol. The SMILES string of the molecule is CCCCS(=O)(=O)N1CCC(C(=O)Nc2cc(C)c(C)c(C(=O)OC)c2)CC1. The quantitative estimate of drug-likeness (QED) is 0.698. The van der Waals surface area contributed by atoms with Gasteiger partial charge in [-0.2, -0.15) is 0 Å². The molecule has 1 N–H and O–H groups in total. The van der Waals surface area contributed by atoms with Gasteiger partial charge in [0, 0.05) is 24.7 Å². The molecule has 156 valence electrons. The lowest BCUT2D eigenvalue weighted by Gasteiger charge is -2.30. The van der Waals surface area contributed by atoms with Crippen LogP contribution in [0.15, 0.2) is 12.1 Å². The second kappa shape index (κ2) is 9.52. The minimum absolute atomic E-state index is 0.148. The first-order chi connectivity index (χ1) is 13.2. The lowest BCUT2D eigenvalue weighted by atomic mass is 9.96. The van der Waals surface area contributed by atoms with Gasteiger partial charge >= 0.3 is 5.97 Å². The number of esters is 1. The summed E-state index contributed by atoms with van der Waals surface area (Å²) < 4.78 is 30.9. The Kier molecular flexibility index (Phi) is 7.60. The molecule has 0 radical (unpaired) electrons. The number of hydrogen-bond donors (Lipinski definition) is 1. The number of anilines is 1. The molecule has 1 aromatic rings. The van der Waals surface area contributed by atoms with E-state index in [1.165, 1.54) is 11.4 Å². The van der Waals surface area contributed by atoms with Crippen LogP contribution in [0, 0.1) is 19.8 Å². The van der Waals surface area contributed by atoms with Crippen molar-refractivity contribution < 1.29 is 22.7 Å². The van der Waals surface area contributed by atoms with Crippen LogP contribution in [-0.2, 0) is 19.6 Å². The van der Waals surface area contributed by atoms with Gasteiger partial charge in [-0.25, -0.2) is 17.5 Å². The Balaban J connectivity index is 2.02. The van der Waals surface area contributed by atoms with Crippen LogP contribution in [0.3, 0.4) is 0 Å². The van der Waals surface area contributed by atoms with Gasteiger partial charge in [0.05, 0.1) is 18.4 Å². The van der Waals surface area contributed by atoms with Crippen molar-refractivity contribution in [3.63, 3.8) is 0 Å². The minimum atomic E-state index is -3.23. The maximum Gasteiger partial charge on any atom is 0.338 e. The van der Waals surface area contributed by atoms with E-state index < -0.39 is 16.0 Å². The van der Waals surface area contributed by atoms with E-state index >= 15 is 0 Å². The topological polar surface area (TPSA) is 92.8 Å². The molecule has 1 aliphatic rings. The average molecular weight is 411 g/mol. The lowest BCUT2D eigenvalue weighted by Crippen LogP contribution is -2.42. The second-order valence-electron chi connectivity index (χ2n) is 7.29. The molecule has 0 saturated carbocycles. The van der Waals surface area contributed by atoms with Crippen LogP contribution in [0.2, 0.25) is 0 Å². The van der Waals surface area contributed by atoms with E-state index in [1.807, 2.05) is 26.8 Å². The Morgan fingerprint density at radius 3 is 2.43 bits per heavy atom. The normalized spacial score (nSPS) is 16.0. The molecule has 1 heterocycles. The number of sulfonamides is 1. The third-order valence-electron chi connectivity index (χ3n) is 5.31. The van der Waals surface area contributed by atoms with Crippen LogP contribution in [0.5, 0.6) is 0 Å². The summed E-state index contributed by atoms with van der Waals surface area (Å²) in [5, 5.41) is 2.87. The first-order valence-corrected chi connectivity index (χ1v) is 11.3. The summed E-state index contributed by atoms with van der Waals surface area (Å²) in [4.78, 5) is 24.6. The highest BCUT2D eigenvalue weighted by Gasteiger charge is 2.30. The molecule has 1 aliphatic heterocycles. The van der Waals surface area contributed by atoms with E-state index in [0.717, 1.165) is 17.5 Å². The number of carbonyl (C=O) groups excluding carboxylic acids is 2. The van der Waals surface area contributed by atoms with E-state index in [0.29, 0.717) is 43.6 Å². The molecular formula is C20H30N2O5S. The van der Waals surface area contributed by atoms with Crippen molar-refractivity contribution in [3.05, 3.63) is 28.8 Å². The summed E-state index contributed by atoms with van der Waals surface area (Å²) >= 11 is 0. The van der Waals surface area contributed by atoms with Gasteiger partial charge in [0.15, 0.2) is 0 Å². The molecule has 2 rings (SSSR count). The largest absolute Gasteiger partial charge is 0.465 e. The first kappa shape index (κ1) is 22.4. The third kappa shape index (κ3) is 5.32. The van der Waals surface area contributed by atoms with Gasteiger partial charge in [-0.3, -0.25) is 4.79 Å². The Labute approximate surface area is 167 Å². The van der Waals surface area contributed by atoms with Crippen LogP contribution >= 0.6 is 0 Å². The fourth-order valence-electron chi connectivity index (χ4n) is 3.35. The molecule has 1 saturated heterocycles. The zero-order chi connectivity index (χ0) is 20.9. The van der Waals surface area contributed by atoms with Crippen molar-refractivity contribution in [2.75, 3.05) is 31.3 Å². The zero-order valence-electron chi connectivity index (χ0n) is 17.1. The molecule has 1 amide bonds. The Bertz CT molecular complexity index is 827. The van der Waals surface area contributed by atoms with Gasteiger partial charge in [-0.15, -0.1) is 0 Å². The van der Waals surface area contributed by atoms with Gasteiger partial charge in [-0.05, 0) is 56.4 Å². The van der Waals surface area contributed by atoms with Crippen molar-refractivity contribution in [2.24, 2.45) is 5.92 Å². The summed E-state index contributed by atoms with van der Waals surface area (Å²) in [5.74, 6) is -0.674. The molecule has 7 nitrogen and oxygen atoms in total. The molecule has 0 bridgehead atoms. The van der Waals surface area contributed by atoms with Gasteiger partial charge < -0.3 is 10.1 Å². The van der Waals surface area contributed by atoms with E-state index in [-0.39, 0.29) is 17.6 Å². The first-order valence-electron chi connectivity index (χ1n) is 9.67. The third-order valence-corrected chi connectivity index (χ3v) is 7.27. The average Bonchev–Trinajstić information content (AvgIpc) is 2.68. The van der Waals surface area contributed by atoms with Crippen LogP contribution in [0.4, 0.5) is 5.69 Å². The maximum atomic E-state index is 12.6. The van der Waals surface area contributed by atoms with Crippen LogP contribution in [0.1, 0.15) is 54.1 Å². The van der Waals surface area contributed by atoms with Gasteiger partial charge in [0.25, 0.3) is 0 Å². The minimum Gasteiger partial charge on any atom is -0.465 e. The molecular weight excluding hydrogens is 380 g/mol. The second-order valence-corrected chi connectivity index (χ2v) is 9.38. The molecule has 1 fully saturated rings. The summed E-state index contributed by atoms with van der Waals surface area (Å²) in [6, 6.07) is 3.44. The molecule has 0 unspecified atom stereocenters. The molecule has 0 spiro atoms. The van der Waals surface area contributed by atoms with E-state index in [4.69, 9.17) is 4.74 Å². The number of nitrogens with one attached hydrogen (secondary N) is 1. The summed E-state index contributed by atoms with van der Waals surface area (Å²) in [6.45, 7) is 6.40. The lowest BCUT2D eigenvalue weighted by molar-refractivity contribution is -0.120. The van der Waals surface area contributed by atoms with Crippen molar-refractivity contribution in [1.29, 1.82) is 0 Å². The van der Waals surface area contributed by atoms with E-state index in [9.17, 15) is 18.0 Å². The number of unbranched alkanes of at least 4 members (excludes halogenated alkanes) is 1. The van der Waals surface area contributed by atoms with Crippen LogP contribution in [-0.4, -0.2) is 50.6 Å². The Hall–Kier alpha value is -1.93.